The molecule has 0 aromatic carbocycles. The molecule has 0 bridgehead atoms. The lowest BCUT2D eigenvalue weighted by atomic mass is 9.99. The number of piperidine rings is 1. The van der Waals surface area contributed by atoms with Crippen molar-refractivity contribution >= 4 is 0 Å². The maximum Gasteiger partial charge on any atom is 0.117 e. The van der Waals surface area contributed by atoms with Crippen LogP contribution in [0.1, 0.15) is 38.4 Å². The van der Waals surface area contributed by atoms with E-state index in [0.29, 0.717) is 0 Å². The van der Waals surface area contributed by atoms with Crippen LogP contribution < -0.4 is 5.32 Å². The Balaban J connectivity index is 1.83. The predicted octanol–water partition coefficient (Wildman–Crippen LogP) is 2.88. The van der Waals surface area contributed by atoms with Gasteiger partial charge < -0.3 is 9.73 Å². The fourth-order valence-corrected chi connectivity index (χ4v) is 2.68. The summed E-state index contributed by atoms with van der Waals surface area (Å²) in [5.74, 6) is 1.90. The monoisotopic (exact) mass is 250 g/mol. The quantitative estimate of drug-likeness (QED) is 0.806. The summed E-state index contributed by atoms with van der Waals surface area (Å²) < 4.78 is 5.48. The molecule has 0 amide bonds. The van der Waals surface area contributed by atoms with Gasteiger partial charge in [-0.25, -0.2) is 0 Å². The summed E-state index contributed by atoms with van der Waals surface area (Å²) >= 11 is 0. The van der Waals surface area contributed by atoms with E-state index >= 15 is 0 Å². The van der Waals surface area contributed by atoms with Gasteiger partial charge >= 0.3 is 0 Å². The van der Waals surface area contributed by atoms with E-state index in [1.165, 1.54) is 51.9 Å². The minimum atomic E-state index is 0.811. The van der Waals surface area contributed by atoms with Gasteiger partial charge in [0.15, 0.2) is 0 Å². The van der Waals surface area contributed by atoms with Crippen LogP contribution in [0.5, 0.6) is 0 Å². The highest BCUT2D eigenvalue weighted by Crippen LogP contribution is 2.15. The predicted molar refractivity (Wildman–Crippen MR) is 74.5 cm³/mol. The summed E-state index contributed by atoms with van der Waals surface area (Å²) in [6.07, 6.45) is 7.01. The molecule has 3 nitrogen and oxygen atoms in total. The Morgan fingerprint density at radius 1 is 1.50 bits per heavy atom. The number of hydrogen-bond acceptors (Lipinski definition) is 3. The zero-order chi connectivity index (χ0) is 12.6. The third kappa shape index (κ3) is 4.46. The molecule has 2 heterocycles. The summed E-state index contributed by atoms with van der Waals surface area (Å²) in [6, 6.07) is 4.06. The molecule has 1 aromatic rings. The number of nitrogens with one attached hydrogen (secondary N) is 1. The van der Waals surface area contributed by atoms with Crippen LogP contribution in [0.15, 0.2) is 22.8 Å². The lowest BCUT2D eigenvalue weighted by Gasteiger charge is -2.29. The molecule has 1 saturated heterocycles. The van der Waals surface area contributed by atoms with E-state index in [4.69, 9.17) is 4.42 Å². The minimum absolute atomic E-state index is 0.811. The number of hydrogen-bond donors (Lipinski definition) is 1. The fourth-order valence-electron chi connectivity index (χ4n) is 2.68. The lowest BCUT2D eigenvalue weighted by Crippen LogP contribution is -2.38. The standard InChI is InChI=1S/C15H26N2O/c1-2-3-9-17(13-15-7-5-10-18-15)12-14-6-4-8-16-11-14/h5,7,10,14,16H,2-4,6,8-9,11-13H2,1H3. The van der Waals surface area contributed by atoms with Crippen LogP contribution in [-0.4, -0.2) is 31.1 Å². The zero-order valence-electron chi connectivity index (χ0n) is 11.5. The summed E-state index contributed by atoms with van der Waals surface area (Å²) in [6.45, 7) is 7.99. The SMILES string of the molecule is CCCCN(Cc1ccco1)CC1CCCNC1. The second-order valence-electron chi connectivity index (χ2n) is 5.38. The summed E-state index contributed by atoms with van der Waals surface area (Å²) in [4.78, 5) is 2.56. The number of rotatable bonds is 7. The van der Waals surface area contributed by atoms with E-state index in [0.717, 1.165) is 18.2 Å². The van der Waals surface area contributed by atoms with Crippen LogP contribution in [0.4, 0.5) is 0 Å². The zero-order valence-corrected chi connectivity index (χ0v) is 11.5. The van der Waals surface area contributed by atoms with Gasteiger partial charge in [0.1, 0.15) is 5.76 Å². The van der Waals surface area contributed by atoms with Gasteiger partial charge in [-0.15, -0.1) is 0 Å². The molecule has 0 aliphatic carbocycles. The summed E-state index contributed by atoms with van der Waals surface area (Å²) in [7, 11) is 0. The Morgan fingerprint density at radius 2 is 2.44 bits per heavy atom. The molecule has 1 aromatic heterocycles. The highest BCUT2D eigenvalue weighted by Gasteiger charge is 2.17. The maximum atomic E-state index is 5.48. The van der Waals surface area contributed by atoms with Gasteiger partial charge in [-0.05, 0) is 56.9 Å². The van der Waals surface area contributed by atoms with E-state index in [9.17, 15) is 0 Å². The Morgan fingerprint density at radius 3 is 3.11 bits per heavy atom. The third-order valence-corrected chi connectivity index (χ3v) is 3.70. The van der Waals surface area contributed by atoms with Crippen LogP contribution in [-0.2, 0) is 6.54 Å². The number of nitrogens with zero attached hydrogens (tertiary/aromatic N) is 1. The minimum Gasteiger partial charge on any atom is -0.468 e. The van der Waals surface area contributed by atoms with Crippen LogP contribution in [0.2, 0.25) is 0 Å². The van der Waals surface area contributed by atoms with Crippen molar-refractivity contribution in [3.63, 3.8) is 0 Å². The first-order valence-electron chi connectivity index (χ1n) is 7.34. The molecule has 0 radical (unpaired) electrons. The highest BCUT2D eigenvalue weighted by molar-refractivity contribution is 4.98. The van der Waals surface area contributed by atoms with Gasteiger partial charge in [0.2, 0.25) is 0 Å². The van der Waals surface area contributed by atoms with Gasteiger partial charge in [0.25, 0.3) is 0 Å². The van der Waals surface area contributed by atoms with E-state index in [1.54, 1.807) is 6.26 Å². The maximum absolute atomic E-state index is 5.48. The normalized spacial score (nSPS) is 20.4. The van der Waals surface area contributed by atoms with Crippen molar-refractivity contribution in [1.29, 1.82) is 0 Å². The molecule has 1 aliphatic heterocycles. The first kappa shape index (κ1) is 13.6. The van der Waals surface area contributed by atoms with Crippen molar-refractivity contribution < 1.29 is 4.42 Å². The Labute approximate surface area is 111 Å². The summed E-state index contributed by atoms with van der Waals surface area (Å²) in [5.41, 5.74) is 0. The number of furan rings is 1. The largest absolute Gasteiger partial charge is 0.468 e. The molecular weight excluding hydrogens is 224 g/mol. The van der Waals surface area contributed by atoms with Crippen LogP contribution in [0.25, 0.3) is 0 Å². The van der Waals surface area contributed by atoms with Gasteiger partial charge in [-0.1, -0.05) is 13.3 Å². The van der Waals surface area contributed by atoms with Gasteiger partial charge in [0, 0.05) is 6.54 Å². The van der Waals surface area contributed by atoms with Crippen LogP contribution in [0, 0.1) is 5.92 Å². The lowest BCUT2D eigenvalue weighted by molar-refractivity contribution is 0.187. The molecule has 1 N–H and O–H groups in total. The van der Waals surface area contributed by atoms with Crippen molar-refractivity contribution in [1.82, 2.24) is 10.2 Å². The Kier molecular flexibility index (Phi) is 5.75. The van der Waals surface area contributed by atoms with E-state index in [2.05, 4.69) is 23.2 Å². The van der Waals surface area contributed by atoms with E-state index in [-0.39, 0.29) is 0 Å². The molecule has 1 atom stereocenters. The Hall–Kier alpha value is -0.800. The second-order valence-corrected chi connectivity index (χ2v) is 5.38. The van der Waals surface area contributed by atoms with Crippen LogP contribution >= 0.6 is 0 Å². The third-order valence-electron chi connectivity index (χ3n) is 3.70. The van der Waals surface area contributed by atoms with Gasteiger partial charge in [0.05, 0.1) is 12.8 Å². The topological polar surface area (TPSA) is 28.4 Å². The molecule has 1 unspecified atom stereocenters. The fraction of sp³-hybridized carbons (Fsp3) is 0.733. The highest BCUT2D eigenvalue weighted by atomic mass is 16.3. The molecule has 0 saturated carbocycles. The second kappa shape index (κ2) is 7.59. The Bertz CT molecular complexity index is 304. The molecule has 18 heavy (non-hydrogen) atoms. The van der Waals surface area contributed by atoms with Crippen LogP contribution in [0.3, 0.4) is 0 Å². The first-order chi connectivity index (χ1) is 8.88. The molecular formula is C15H26N2O. The first-order valence-corrected chi connectivity index (χ1v) is 7.34. The molecule has 1 fully saturated rings. The molecule has 2 rings (SSSR count). The van der Waals surface area contributed by atoms with Gasteiger partial charge in [-0.3, -0.25) is 4.90 Å². The average Bonchev–Trinajstić information content (AvgIpc) is 2.90. The van der Waals surface area contributed by atoms with Gasteiger partial charge in [-0.2, -0.15) is 0 Å². The molecule has 1 aliphatic rings. The number of unbranched alkanes of at least 4 members (excludes halogenated alkanes) is 1. The van der Waals surface area contributed by atoms with Crippen molar-refractivity contribution in [2.45, 2.75) is 39.2 Å². The summed E-state index contributed by atoms with van der Waals surface area (Å²) in [5, 5.41) is 3.51. The van der Waals surface area contributed by atoms with Crippen molar-refractivity contribution in [2.75, 3.05) is 26.2 Å². The van der Waals surface area contributed by atoms with Crippen molar-refractivity contribution in [3.05, 3.63) is 24.2 Å². The van der Waals surface area contributed by atoms with Crippen molar-refractivity contribution in [3.8, 4) is 0 Å². The molecule has 102 valence electrons. The smallest absolute Gasteiger partial charge is 0.117 e. The molecule has 3 heteroatoms. The average molecular weight is 250 g/mol. The molecule has 0 spiro atoms. The van der Waals surface area contributed by atoms with E-state index < -0.39 is 0 Å². The van der Waals surface area contributed by atoms with E-state index in [1.807, 2.05) is 6.07 Å². The van der Waals surface area contributed by atoms with Crippen molar-refractivity contribution in [2.24, 2.45) is 5.92 Å².